The van der Waals surface area contributed by atoms with Gasteiger partial charge in [-0.3, -0.25) is 4.79 Å². The number of carboxylic acids is 1. The Labute approximate surface area is 121 Å². The second-order valence-electron chi connectivity index (χ2n) is 6.37. The molecule has 1 aliphatic rings. The Morgan fingerprint density at radius 2 is 1.85 bits per heavy atom. The number of carboxylic acid groups (broad SMARTS) is 1. The first kappa shape index (κ1) is 16.8. The Balaban J connectivity index is 2.33. The highest BCUT2D eigenvalue weighted by atomic mass is 16.4. The molecule has 0 saturated heterocycles. The number of amides is 2. The summed E-state index contributed by atoms with van der Waals surface area (Å²) in [7, 11) is 0. The van der Waals surface area contributed by atoms with Crippen molar-refractivity contribution in [3.05, 3.63) is 0 Å². The number of carbonyl (C=O) groups excluding carboxylic acids is 1. The maximum absolute atomic E-state index is 11.8. The van der Waals surface area contributed by atoms with E-state index < -0.39 is 5.97 Å². The predicted octanol–water partition coefficient (Wildman–Crippen LogP) is 2.61. The molecule has 0 heterocycles. The van der Waals surface area contributed by atoms with Gasteiger partial charge in [0.15, 0.2) is 0 Å². The summed E-state index contributed by atoms with van der Waals surface area (Å²) in [4.78, 5) is 23.0. The van der Waals surface area contributed by atoms with E-state index in [0.29, 0.717) is 12.5 Å². The second-order valence-corrected chi connectivity index (χ2v) is 6.37. The van der Waals surface area contributed by atoms with Crippen molar-refractivity contribution < 1.29 is 14.7 Å². The Morgan fingerprint density at radius 3 is 2.45 bits per heavy atom. The molecule has 1 fully saturated rings. The van der Waals surface area contributed by atoms with E-state index in [1.165, 1.54) is 0 Å². The van der Waals surface area contributed by atoms with Gasteiger partial charge in [0.1, 0.15) is 0 Å². The highest BCUT2D eigenvalue weighted by Crippen LogP contribution is 2.29. The van der Waals surface area contributed by atoms with Gasteiger partial charge >= 0.3 is 12.0 Å². The lowest BCUT2D eigenvalue weighted by Gasteiger charge is -2.28. The molecule has 0 spiro atoms. The molecule has 3 N–H and O–H groups in total. The minimum Gasteiger partial charge on any atom is -0.481 e. The van der Waals surface area contributed by atoms with Crippen molar-refractivity contribution >= 4 is 12.0 Å². The number of aliphatic carboxylic acids is 1. The molecule has 3 unspecified atom stereocenters. The van der Waals surface area contributed by atoms with E-state index in [2.05, 4.69) is 24.5 Å². The van der Waals surface area contributed by atoms with Gasteiger partial charge in [0.25, 0.3) is 0 Å². The maximum Gasteiger partial charge on any atom is 0.315 e. The van der Waals surface area contributed by atoms with Crippen LogP contribution in [0, 0.1) is 17.8 Å². The van der Waals surface area contributed by atoms with E-state index >= 15 is 0 Å². The molecule has 20 heavy (non-hydrogen) atoms. The van der Waals surface area contributed by atoms with Crippen molar-refractivity contribution in [1.82, 2.24) is 10.6 Å². The first-order valence-corrected chi connectivity index (χ1v) is 7.67. The smallest absolute Gasteiger partial charge is 0.315 e. The van der Waals surface area contributed by atoms with Crippen LogP contribution in [-0.4, -0.2) is 29.7 Å². The average Bonchev–Trinajstić information content (AvgIpc) is 2.35. The van der Waals surface area contributed by atoms with Crippen LogP contribution in [0.1, 0.15) is 52.9 Å². The number of carbonyl (C=O) groups is 2. The SMILES string of the molecule is CC(C)CC(C)NC(=O)NCC1CCCCC1C(=O)O. The topological polar surface area (TPSA) is 78.4 Å². The van der Waals surface area contributed by atoms with E-state index in [4.69, 9.17) is 0 Å². The van der Waals surface area contributed by atoms with Gasteiger partial charge in [-0.25, -0.2) is 4.79 Å². The minimum absolute atomic E-state index is 0.0624. The van der Waals surface area contributed by atoms with Gasteiger partial charge in [-0.2, -0.15) is 0 Å². The Hall–Kier alpha value is -1.26. The van der Waals surface area contributed by atoms with Crippen LogP contribution in [-0.2, 0) is 4.79 Å². The first-order valence-electron chi connectivity index (χ1n) is 7.67. The van der Waals surface area contributed by atoms with Crippen LogP contribution in [0.15, 0.2) is 0 Å². The maximum atomic E-state index is 11.8. The van der Waals surface area contributed by atoms with E-state index in [0.717, 1.165) is 32.1 Å². The second kappa shape index (κ2) is 8.12. The number of urea groups is 1. The lowest BCUT2D eigenvalue weighted by atomic mass is 9.79. The zero-order chi connectivity index (χ0) is 15.1. The fourth-order valence-corrected chi connectivity index (χ4v) is 3.04. The van der Waals surface area contributed by atoms with E-state index in [1.807, 2.05) is 6.92 Å². The van der Waals surface area contributed by atoms with Crippen molar-refractivity contribution in [3.8, 4) is 0 Å². The molecule has 0 aliphatic heterocycles. The highest BCUT2D eigenvalue weighted by Gasteiger charge is 2.30. The Kier molecular flexibility index (Phi) is 6.82. The van der Waals surface area contributed by atoms with Crippen LogP contribution in [0.25, 0.3) is 0 Å². The van der Waals surface area contributed by atoms with Gasteiger partial charge in [-0.05, 0) is 38.0 Å². The van der Waals surface area contributed by atoms with Gasteiger partial charge in [0, 0.05) is 12.6 Å². The minimum atomic E-state index is -0.731. The third-order valence-corrected chi connectivity index (χ3v) is 3.95. The molecule has 0 bridgehead atoms. The predicted molar refractivity (Wildman–Crippen MR) is 78.5 cm³/mol. The van der Waals surface area contributed by atoms with Crippen LogP contribution < -0.4 is 10.6 Å². The van der Waals surface area contributed by atoms with E-state index in [9.17, 15) is 14.7 Å². The van der Waals surface area contributed by atoms with Crippen molar-refractivity contribution in [2.75, 3.05) is 6.54 Å². The summed E-state index contributed by atoms with van der Waals surface area (Å²) in [5.41, 5.74) is 0. The molecule has 1 saturated carbocycles. The lowest BCUT2D eigenvalue weighted by molar-refractivity contribution is -0.144. The standard InChI is InChI=1S/C15H28N2O3/c1-10(2)8-11(3)17-15(20)16-9-12-6-4-5-7-13(12)14(18)19/h10-13H,4-9H2,1-3H3,(H,18,19)(H2,16,17,20). The van der Waals surface area contributed by atoms with Gasteiger partial charge in [-0.15, -0.1) is 0 Å². The van der Waals surface area contributed by atoms with Gasteiger partial charge in [0.05, 0.1) is 5.92 Å². The molecule has 1 aliphatic carbocycles. The van der Waals surface area contributed by atoms with Crippen LogP contribution >= 0.6 is 0 Å². The van der Waals surface area contributed by atoms with Crippen LogP contribution in [0.2, 0.25) is 0 Å². The number of hydrogen-bond acceptors (Lipinski definition) is 2. The normalized spacial score (nSPS) is 24.2. The van der Waals surface area contributed by atoms with Crippen LogP contribution in [0.4, 0.5) is 4.79 Å². The molecule has 0 aromatic heterocycles. The molecule has 5 heteroatoms. The number of hydrogen-bond donors (Lipinski definition) is 3. The summed E-state index contributed by atoms with van der Waals surface area (Å²) < 4.78 is 0. The molecular weight excluding hydrogens is 256 g/mol. The van der Waals surface area contributed by atoms with Crippen LogP contribution in [0.3, 0.4) is 0 Å². The molecule has 0 radical (unpaired) electrons. The molecule has 0 aromatic rings. The third kappa shape index (κ3) is 5.80. The van der Waals surface area contributed by atoms with E-state index in [-0.39, 0.29) is 23.9 Å². The van der Waals surface area contributed by atoms with Gasteiger partial charge < -0.3 is 15.7 Å². The zero-order valence-electron chi connectivity index (χ0n) is 12.8. The number of nitrogens with one attached hydrogen (secondary N) is 2. The molecule has 116 valence electrons. The molecule has 3 atom stereocenters. The van der Waals surface area contributed by atoms with E-state index in [1.54, 1.807) is 0 Å². The van der Waals surface area contributed by atoms with Crippen molar-refractivity contribution in [2.45, 2.75) is 58.9 Å². The Bertz CT molecular complexity index is 331. The molecular formula is C15H28N2O3. The molecule has 5 nitrogen and oxygen atoms in total. The average molecular weight is 284 g/mol. The fraction of sp³-hybridized carbons (Fsp3) is 0.867. The number of rotatable bonds is 6. The summed E-state index contributed by atoms with van der Waals surface area (Å²) in [5, 5.41) is 14.9. The fourth-order valence-electron chi connectivity index (χ4n) is 3.04. The highest BCUT2D eigenvalue weighted by molar-refractivity contribution is 5.74. The first-order chi connectivity index (χ1) is 9.40. The van der Waals surface area contributed by atoms with Crippen LogP contribution in [0.5, 0.6) is 0 Å². The van der Waals surface area contributed by atoms with Crippen molar-refractivity contribution in [3.63, 3.8) is 0 Å². The summed E-state index contributed by atoms with van der Waals surface area (Å²) >= 11 is 0. The van der Waals surface area contributed by atoms with Crippen molar-refractivity contribution in [2.24, 2.45) is 17.8 Å². The summed E-state index contributed by atoms with van der Waals surface area (Å²) in [6, 6.07) is -0.0514. The third-order valence-electron chi connectivity index (χ3n) is 3.95. The van der Waals surface area contributed by atoms with Gasteiger partial charge in [-0.1, -0.05) is 26.7 Å². The van der Waals surface area contributed by atoms with Gasteiger partial charge in [0.2, 0.25) is 0 Å². The quantitative estimate of drug-likeness (QED) is 0.701. The van der Waals surface area contributed by atoms with Crippen molar-refractivity contribution in [1.29, 1.82) is 0 Å². The summed E-state index contributed by atoms with van der Waals surface area (Å²) in [5.74, 6) is -0.435. The lowest BCUT2D eigenvalue weighted by Crippen LogP contribution is -2.44. The zero-order valence-corrected chi connectivity index (χ0v) is 12.8. The molecule has 0 aromatic carbocycles. The molecule has 2 amide bonds. The molecule has 1 rings (SSSR count). The largest absolute Gasteiger partial charge is 0.481 e. The summed E-state index contributed by atoms with van der Waals surface area (Å²) in [6.07, 6.45) is 4.59. The Morgan fingerprint density at radius 1 is 1.20 bits per heavy atom. The summed E-state index contributed by atoms with van der Waals surface area (Å²) in [6.45, 7) is 6.68. The monoisotopic (exact) mass is 284 g/mol.